The van der Waals surface area contributed by atoms with Crippen molar-refractivity contribution >= 4 is 16.1 Å². The van der Waals surface area contributed by atoms with Crippen molar-refractivity contribution in [1.82, 2.24) is 9.88 Å². The summed E-state index contributed by atoms with van der Waals surface area (Å²) in [5, 5.41) is -1.24. The molecule has 2 heterocycles. The number of halogens is 1. The van der Waals surface area contributed by atoms with Gasteiger partial charge in [0, 0.05) is 19.2 Å². The van der Waals surface area contributed by atoms with Gasteiger partial charge in [0.2, 0.25) is 5.91 Å². The predicted molar refractivity (Wildman–Crippen MR) is 62.8 cm³/mol. The number of hydrogen-bond acceptors (Lipinski definition) is 4. The molecule has 1 saturated heterocycles. The average molecular weight is 272 g/mol. The third-order valence-corrected chi connectivity index (χ3v) is 4.15. The summed E-state index contributed by atoms with van der Waals surface area (Å²) >= 11 is 0. The Balaban J connectivity index is 2.13. The largest absolute Gasteiger partial charge is 0.335 e. The second-order valence-corrected chi connectivity index (χ2v) is 5.96. The van der Waals surface area contributed by atoms with Crippen LogP contribution in [0, 0.1) is 6.92 Å². The Morgan fingerprint density at radius 2 is 2.28 bits per heavy atom. The van der Waals surface area contributed by atoms with E-state index in [2.05, 4.69) is 4.98 Å². The monoisotopic (exact) mass is 272 g/mol. The maximum atomic E-state index is 12.8. The molecule has 1 aromatic heterocycles. The van der Waals surface area contributed by atoms with Gasteiger partial charge in [-0.2, -0.15) is 8.42 Å². The van der Waals surface area contributed by atoms with E-state index in [0.717, 1.165) is 5.56 Å². The van der Waals surface area contributed by atoms with Crippen molar-refractivity contribution in [2.24, 2.45) is 0 Å². The van der Waals surface area contributed by atoms with Gasteiger partial charge in [-0.05, 0) is 18.6 Å². The van der Waals surface area contributed by atoms with Gasteiger partial charge in [-0.1, -0.05) is 6.07 Å². The first-order valence-corrected chi connectivity index (χ1v) is 6.94. The van der Waals surface area contributed by atoms with Crippen LogP contribution in [0.1, 0.15) is 17.7 Å². The molecule has 7 heteroatoms. The SMILES string of the molecule is Cc1cccnc1CN1CC(S(=O)(=O)F)CC1=O. The summed E-state index contributed by atoms with van der Waals surface area (Å²) in [6.45, 7) is 1.97. The standard InChI is InChI=1S/C11H13FN2O3S/c1-8-3-2-4-13-10(8)7-14-6-9(5-11(14)15)18(12,16)17/h2-4,9H,5-7H2,1H3. The van der Waals surface area contributed by atoms with Gasteiger partial charge in [0.1, 0.15) is 5.25 Å². The first-order chi connectivity index (χ1) is 8.38. The van der Waals surface area contributed by atoms with E-state index in [4.69, 9.17) is 0 Å². The van der Waals surface area contributed by atoms with Crippen molar-refractivity contribution in [2.45, 2.75) is 25.1 Å². The highest BCUT2D eigenvalue weighted by molar-refractivity contribution is 7.87. The van der Waals surface area contributed by atoms with Crippen LogP contribution in [0.3, 0.4) is 0 Å². The van der Waals surface area contributed by atoms with Gasteiger partial charge in [-0.3, -0.25) is 9.78 Å². The molecule has 18 heavy (non-hydrogen) atoms. The van der Waals surface area contributed by atoms with E-state index >= 15 is 0 Å². The Morgan fingerprint density at radius 1 is 1.56 bits per heavy atom. The molecule has 1 aliphatic rings. The topological polar surface area (TPSA) is 67.3 Å². The summed E-state index contributed by atoms with van der Waals surface area (Å²) in [6, 6.07) is 3.63. The summed E-state index contributed by atoms with van der Waals surface area (Å²) < 4.78 is 34.4. The quantitative estimate of drug-likeness (QED) is 0.763. The molecule has 0 bridgehead atoms. The fraction of sp³-hybridized carbons (Fsp3) is 0.455. The number of rotatable bonds is 3. The molecule has 0 aliphatic carbocycles. The summed E-state index contributed by atoms with van der Waals surface area (Å²) in [5.41, 5.74) is 1.61. The predicted octanol–water partition coefficient (Wildman–Crippen LogP) is 0.790. The molecule has 1 unspecified atom stereocenters. The van der Waals surface area contributed by atoms with E-state index in [0.29, 0.717) is 5.69 Å². The molecule has 1 aliphatic heterocycles. The second-order valence-electron chi connectivity index (χ2n) is 4.34. The highest BCUT2D eigenvalue weighted by atomic mass is 32.3. The van der Waals surface area contributed by atoms with Crippen LogP contribution in [0.15, 0.2) is 18.3 Å². The van der Waals surface area contributed by atoms with Gasteiger partial charge in [-0.15, -0.1) is 3.89 Å². The number of amides is 1. The zero-order valence-corrected chi connectivity index (χ0v) is 10.7. The normalized spacial score (nSPS) is 20.4. The molecule has 0 radical (unpaired) electrons. The molecule has 1 aromatic rings. The van der Waals surface area contributed by atoms with Crippen molar-refractivity contribution in [3.8, 4) is 0 Å². The molecule has 2 rings (SSSR count). The Bertz CT molecular complexity index is 573. The smallest absolute Gasteiger partial charge is 0.307 e. The van der Waals surface area contributed by atoms with Crippen molar-refractivity contribution in [3.05, 3.63) is 29.6 Å². The van der Waals surface area contributed by atoms with Gasteiger partial charge < -0.3 is 4.90 Å². The van der Waals surface area contributed by atoms with E-state index in [1.165, 1.54) is 4.90 Å². The van der Waals surface area contributed by atoms with Crippen LogP contribution >= 0.6 is 0 Å². The Labute approximate surface area is 105 Å². The van der Waals surface area contributed by atoms with Crippen LogP contribution in [0.2, 0.25) is 0 Å². The van der Waals surface area contributed by atoms with Crippen molar-refractivity contribution < 1.29 is 17.1 Å². The Morgan fingerprint density at radius 3 is 2.83 bits per heavy atom. The molecule has 5 nitrogen and oxygen atoms in total. The highest BCUT2D eigenvalue weighted by Crippen LogP contribution is 2.21. The number of carbonyl (C=O) groups is 1. The summed E-state index contributed by atoms with van der Waals surface area (Å²) in [5.74, 6) is -0.355. The van der Waals surface area contributed by atoms with Crippen molar-refractivity contribution in [3.63, 3.8) is 0 Å². The van der Waals surface area contributed by atoms with E-state index in [-0.39, 0.29) is 25.4 Å². The number of aryl methyl sites for hydroxylation is 1. The van der Waals surface area contributed by atoms with E-state index < -0.39 is 15.5 Å². The summed E-state index contributed by atoms with van der Waals surface area (Å²) in [4.78, 5) is 17.1. The second kappa shape index (κ2) is 4.64. The zero-order valence-electron chi connectivity index (χ0n) is 9.84. The van der Waals surface area contributed by atoms with Gasteiger partial charge in [0.05, 0.1) is 12.2 Å². The number of likely N-dealkylation sites (tertiary alicyclic amines) is 1. The van der Waals surface area contributed by atoms with Gasteiger partial charge >= 0.3 is 10.2 Å². The van der Waals surface area contributed by atoms with E-state index in [1.807, 2.05) is 13.0 Å². The van der Waals surface area contributed by atoms with Crippen LogP contribution in [0.5, 0.6) is 0 Å². The van der Waals surface area contributed by atoms with Gasteiger partial charge in [0.25, 0.3) is 0 Å². The minimum absolute atomic E-state index is 0.103. The number of aromatic nitrogens is 1. The first-order valence-electron chi connectivity index (χ1n) is 5.49. The minimum atomic E-state index is -4.65. The highest BCUT2D eigenvalue weighted by Gasteiger charge is 2.38. The molecular formula is C11H13FN2O3S. The molecule has 0 spiro atoms. The molecule has 0 saturated carbocycles. The lowest BCUT2D eigenvalue weighted by atomic mass is 10.2. The summed E-state index contributed by atoms with van der Waals surface area (Å²) in [7, 11) is -4.65. The Hall–Kier alpha value is -1.50. The number of nitrogens with zero attached hydrogens (tertiary/aromatic N) is 2. The molecule has 98 valence electrons. The lowest BCUT2D eigenvalue weighted by Crippen LogP contribution is -2.27. The number of pyridine rings is 1. The van der Waals surface area contributed by atoms with Crippen LogP contribution in [0.4, 0.5) is 3.89 Å². The lowest BCUT2D eigenvalue weighted by molar-refractivity contribution is -0.128. The first kappa shape index (κ1) is 12.9. The molecule has 1 atom stereocenters. The van der Waals surface area contributed by atoms with Crippen LogP contribution in [-0.2, 0) is 21.6 Å². The molecule has 1 amide bonds. The van der Waals surface area contributed by atoms with Crippen molar-refractivity contribution in [2.75, 3.05) is 6.54 Å². The number of carbonyl (C=O) groups excluding carboxylic acids is 1. The molecule has 0 N–H and O–H groups in total. The third kappa shape index (κ3) is 2.66. The summed E-state index contributed by atoms with van der Waals surface area (Å²) in [6.07, 6.45) is 1.32. The van der Waals surface area contributed by atoms with Crippen LogP contribution in [0.25, 0.3) is 0 Å². The van der Waals surface area contributed by atoms with Crippen LogP contribution < -0.4 is 0 Å². The lowest BCUT2D eigenvalue weighted by Gasteiger charge is -2.16. The fourth-order valence-corrected chi connectivity index (χ4v) is 2.64. The van der Waals surface area contributed by atoms with E-state index in [1.54, 1.807) is 12.3 Å². The zero-order chi connectivity index (χ0) is 13.3. The van der Waals surface area contributed by atoms with E-state index in [9.17, 15) is 17.1 Å². The maximum absolute atomic E-state index is 12.8. The third-order valence-electron chi connectivity index (χ3n) is 3.04. The van der Waals surface area contributed by atoms with Gasteiger partial charge in [-0.25, -0.2) is 0 Å². The Kier molecular flexibility index (Phi) is 3.34. The average Bonchev–Trinajstić information content (AvgIpc) is 2.63. The molecular weight excluding hydrogens is 259 g/mol. The number of hydrogen-bond donors (Lipinski definition) is 0. The fourth-order valence-electron chi connectivity index (χ4n) is 1.94. The van der Waals surface area contributed by atoms with Gasteiger partial charge in [0.15, 0.2) is 0 Å². The molecule has 1 fully saturated rings. The molecule has 0 aromatic carbocycles. The minimum Gasteiger partial charge on any atom is -0.335 e. The van der Waals surface area contributed by atoms with Crippen molar-refractivity contribution in [1.29, 1.82) is 0 Å². The maximum Gasteiger partial charge on any atom is 0.307 e. The van der Waals surface area contributed by atoms with Crippen LogP contribution in [-0.4, -0.2) is 36.0 Å².